The van der Waals surface area contributed by atoms with Gasteiger partial charge in [0.15, 0.2) is 5.13 Å². The molecule has 1 aromatic rings. The Morgan fingerprint density at radius 1 is 1.78 bits per heavy atom. The zero-order chi connectivity index (χ0) is 6.69. The van der Waals surface area contributed by atoms with Gasteiger partial charge in [-0.2, -0.15) is 0 Å². The van der Waals surface area contributed by atoms with Crippen LogP contribution in [0.15, 0.2) is 5.38 Å². The molecule has 0 bridgehead atoms. The van der Waals surface area contributed by atoms with Crippen LogP contribution in [-0.4, -0.2) is 10.3 Å². The number of rotatable bonds is 2. The Labute approximate surface area is 66.2 Å². The molecule has 0 aliphatic heterocycles. The van der Waals surface area contributed by atoms with Crippen LogP contribution in [-0.2, 0) is 6.42 Å². The fraction of sp³-hybridized carbons (Fsp3) is 0.400. The van der Waals surface area contributed by atoms with Gasteiger partial charge < -0.3 is 5.73 Å². The van der Waals surface area contributed by atoms with Gasteiger partial charge in [-0.25, -0.2) is 4.98 Å². The Balaban J connectivity index is 2.61. The van der Waals surface area contributed by atoms with Crippen LogP contribution in [0.2, 0.25) is 0 Å². The van der Waals surface area contributed by atoms with Gasteiger partial charge in [0.2, 0.25) is 0 Å². The second-order valence-electron chi connectivity index (χ2n) is 1.62. The third-order valence-electron chi connectivity index (χ3n) is 0.920. The molecule has 4 heteroatoms. The molecule has 1 rings (SSSR count). The molecule has 1 aromatic heterocycles. The van der Waals surface area contributed by atoms with Crippen molar-refractivity contribution in [3.05, 3.63) is 11.1 Å². The van der Waals surface area contributed by atoms with Crippen LogP contribution in [0.1, 0.15) is 5.69 Å². The van der Waals surface area contributed by atoms with Crippen LogP contribution in [0.5, 0.6) is 0 Å². The SMILES string of the molecule is Nc1nc(CCBr)cs1. The van der Waals surface area contributed by atoms with Crippen molar-refractivity contribution in [3.63, 3.8) is 0 Å². The van der Waals surface area contributed by atoms with E-state index < -0.39 is 0 Å². The summed E-state index contributed by atoms with van der Waals surface area (Å²) >= 11 is 4.81. The van der Waals surface area contributed by atoms with E-state index in [0.717, 1.165) is 17.4 Å². The summed E-state index contributed by atoms with van der Waals surface area (Å²) in [7, 11) is 0. The highest BCUT2D eigenvalue weighted by atomic mass is 79.9. The van der Waals surface area contributed by atoms with Gasteiger partial charge in [0, 0.05) is 17.1 Å². The topological polar surface area (TPSA) is 38.9 Å². The number of nitrogen functional groups attached to an aromatic ring is 1. The maximum Gasteiger partial charge on any atom is 0.180 e. The molecular weight excluding hydrogens is 200 g/mol. The number of aryl methyl sites for hydroxylation is 1. The molecule has 1 heterocycles. The van der Waals surface area contributed by atoms with Crippen LogP contribution >= 0.6 is 27.3 Å². The first-order chi connectivity index (χ1) is 4.33. The molecule has 0 aliphatic carbocycles. The molecule has 0 atom stereocenters. The Morgan fingerprint density at radius 2 is 2.56 bits per heavy atom. The summed E-state index contributed by atoms with van der Waals surface area (Å²) in [6.45, 7) is 0. The van der Waals surface area contributed by atoms with Gasteiger partial charge in [-0.1, -0.05) is 15.9 Å². The Hall–Kier alpha value is -0.0900. The van der Waals surface area contributed by atoms with E-state index in [4.69, 9.17) is 5.73 Å². The predicted octanol–water partition coefficient (Wildman–Crippen LogP) is 1.66. The van der Waals surface area contributed by atoms with Gasteiger partial charge in [0.25, 0.3) is 0 Å². The zero-order valence-corrected chi connectivity index (χ0v) is 7.20. The first-order valence-electron chi connectivity index (χ1n) is 2.59. The minimum Gasteiger partial charge on any atom is -0.375 e. The lowest BCUT2D eigenvalue weighted by atomic mass is 10.4. The van der Waals surface area contributed by atoms with Crippen molar-refractivity contribution in [3.8, 4) is 0 Å². The second-order valence-corrected chi connectivity index (χ2v) is 3.30. The Bertz CT molecular complexity index is 187. The Morgan fingerprint density at radius 3 is 3.00 bits per heavy atom. The van der Waals surface area contributed by atoms with Gasteiger partial charge >= 0.3 is 0 Å². The fourth-order valence-electron chi connectivity index (χ4n) is 0.534. The van der Waals surface area contributed by atoms with E-state index in [1.54, 1.807) is 0 Å². The zero-order valence-electron chi connectivity index (χ0n) is 4.80. The normalized spacial score (nSPS) is 9.89. The maximum absolute atomic E-state index is 5.40. The highest BCUT2D eigenvalue weighted by Crippen LogP contribution is 2.11. The van der Waals surface area contributed by atoms with Gasteiger partial charge in [-0.05, 0) is 0 Å². The van der Waals surface area contributed by atoms with Gasteiger partial charge in [-0.3, -0.25) is 0 Å². The van der Waals surface area contributed by atoms with Crippen molar-refractivity contribution < 1.29 is 0 Å². The van der Waals surface area contributed by atoms with E-state index in [9.17, 15) is 0 Å². The lowest BCUT2D eigenvalue weighted by molar-refractivity contribution is 1.09. The number of thiazole rings is 1. The van der Waals surface area contributed by atoms with Crippen LogP contribution in [0.3, 0.4) is 0 Å². The minimum atomic E-state index is 0.658. The van der Waals surface area contributed by atoms with Crippen molar-refractivity contribution in [1.82, 2.24) is 4.98 Å². The molecule has 0 aliphatic rings. The molecule has 0 spiro atoms. The predicted molar refractivity (Wildman–Crippen MR) is 44.0 cm³/mol. The lowest BCUT2D eigenvalue weighted by Crippen LogP contribution is -1.87. The van der Waals surface area contributed by atoms with Gasteiger partial charge in [-0.15, -0.1) is 11.3 Å². The first-order valence-corrected chi connectivity index (χ1v) is 4.59. The number of nitrogens with two attached hydrogens (primary N) is 1. The molecule has 0 amide bonds. The summed E-state index contributed by atoms with van der Waals surface area (Å²) in [5, 5.41) is 3.60. The number of nitrogens with zero attached hydrogens (tertiary/aromatic N) is 1. The van der Waals surface area contributed by atoms with E-state index in [0.29, 0.717) is 5.13 Å². The van der Waals surface area contributed by atoms with Crippen molar-refractivity contribution in [1.29, 1.82) is 0 Å². The van der Waals surface area contributed by atoms with E-state index in [1.165, 1.54) is 11.3 Å². The monoisotopic (exact) mass is 206 g/mol. The average Bonchev–Trinajstić information content (AvgIpc) is 2.17. The summed E-state index contributed by atoms with van der Waals surface area (Å²) in [6.07, 6.45) is 0.966. The highest BCUT2D eigenvalue weighted by Gasteiger charge is 1.95. The summed E-state index contributed by atoms with van der Waals surface area (Å²) in [5.74, 6) is 0. The molecule has 0 aromatic carbocycles. The van der Waals surface area contributed by atoms with E-state index in [1.807, 2.05) is 5.38 Å². The highest BCUT2D eigenvalue weighted by molar-refractivity contribution is 9.09. The van der Waals surface area contributed by atoms with Crippen molar-refractivity contribution in [2.45, 2.75) is 6.42 Å². The summed E-state index contributed by atoms with van der Waals surface area (Å²) in [5.41, 5.74) is 6.48. The standard InChI is InChI=1S/C5H7BrN2S/c6-2-1-4-3-9-5(7)8-4/h3H,1-2H2,(H2,7,8). The molecule has 0 saturated carbocycles. The van der Waals surface area contributed by atoms with E-state index in [-0.39, 0.29) is 0 Å². The number of aromatic nitrogens is 1. The van der Waals surface area contributed by atoms with Crippen LogP contribution < -0.4 is 5.73 Å². The molecule has 2 nitrogen and oxygen atoms in total. The van der Waals surface area contributed by atoms with Gasteiger partial charge in [0.1, 0.15) is 0 Å². The lowest BCUT2D eigenvalue weighted by Gasteiger charge is -1.84. The summed E-state index contributed by atoms with van der Waals surface area (Å²) < 4.78 is 0. The second kappa shape index (κ2) is 3.17. The Kier molecular flexibility index (Phi) is 2.48. The third-order valence-corrected chi connectivity index (χ3v) is 2.04. The van der Waals surface area contributed by atoms with Crippen LogP contribution in [0.4, 0.5) is 5.13 Å². The number of anilines is 1. The number of hydrogen-bond acceptors (Lipinski definition) is 3. The molecule has 0 fully saturated rings. The molecule has 0 saturated heterocycles. The smallest absolute Gasteiger partial charge is 0.180 e. The third kappa shape index (κ3) is 1.95. The average molecular weight is 207 g/mol. The molecular formula is C5H7BrN2S. The summed E-state index contributed by atoms with van der Waals surface area (Å²) in [4.78, 5) is 4.07. The molecule has 0 unspecified atom stereocenters. The fourth-order valence-corrected chi connectivity index (χ4v) is 1.54. The molecule has 2 N–H and O–H groups in total. The minimum absolute atomic E-state index is 0.658. The quantitative estimate of drug-likeness (QED) is 0.749. The largest absolute Gasteiger partial charge is 0.375 e. The van der Waals surface area contributed by atoms with Crippen molar-refractivity contribution >= 4 is 32.4 Å². The maximum atomic E-state index is 5.40. The van der Waals surface area contributed by atoms with Crippen molar-refractivity contribution in [2.75, 3.05) is 11.1 Å². The van der Waals surface area contributed by atoms with Crippen LogP contribution in [0.25, 0.3) is 0 Å². The number of hydrogen-bond donors (Lipinski definition) is 1. The molecule has 50 valence electrons. The van der Waals surface area contributed by atoms with E-state index in [2.05, 4.69) is 20.9 Å². The first kappa shape index (κ1) is 7.02. The molecule has 9 heavy (non-hydrogen) atoms. The summed E-state index contributed by atoms with van der Waals surface area (Å²) in [6, 6.07) is 0. The van der Waals surface area contributed by atoms with Crippen molar-refractivity contribution in [2.24, 2.45) is 0 Å². The molecule has 0 radical (unpaired) electrons. The van der Waals surface area contributed by atoms with E-state index >= 15 is 0 Å². The number of alkyl halides is 1. The van der Waals surface area contributed by atoms with Crippen LogP contribution in [0, 0.1) is 0 Å². The van der Waals surface area contributed by atoms with Gasteiger partial charge in [0.05, 0.1) is 5.69 Å². The number of halogens is 1.